The minimum absolute atomic E-state index is 0.0410. The SMILES string of the molecule is CC(=O)OC1NC(=O)C1NC(=O)C1(NC(=O)c2ccc(N3CCC(NC(=O)OC(C)(C)C)C3)cc2)CCCCC1. The van der Waals surface area contributed by atoms with Crippen molar-refractivity contribution in [3.63, 3.8) is 0 Å². The molecule has 1 aliphatic carbocycles. The van der Waals surface area contributed by atoms with Crippen LogP contribution in [0.15, 0.2) is 24.3 Å². The van der Waals surface area contributed by atoms with Crippen molar-refractivity contribution in [2.75, 3.05) is 18.0 Å². The van der Waals surface area contributed by atoms with Crippen LogP contribution in [0.2, 0.25) is 0 Å². The van der Waals surface area contributed by atoms with E-state index in [2.05, 4.69) is 26.2 Å². The van der Waals surface area contributed by atoms with Crippen LogP contribution in [0.5, 0.6) is 0 Å². The van der Waals surface area contributed by atoms with E-state index in [0.29, 0.717) is 24.9 Å². The van der Waals surface area contributed by atoms with Crippen LogP contribution in [-0.2, 0) is 23.9 Å². The highest BCUT2D eigenvalue weighted by atomic mass is 16.6. The quantitative estimate of drug-likeness (QED) is 0.292. The molecular weight excluding hydrogens is 518 g/mol. The third kappa shape index (κ3) is 7.02. The summed E-state index contributed by atoms with van der Waals surface area (Å²) >= 11 is 0. The standard InChI is InChI=1S/C28H39N5O7/c1-17(34)39-24-21(23(36)31-24)30-25(37)28(13-6-5-7-14-28)32-22(35)18-8-10-20(11-9-18)33-15-12-19(16-33)29-26(38)40-27(2,3)4/h8-11,19,21,24H,5-7,12-16H2,1-4H3,(H,29,38)(H,30,37)(H,31,36)(H,32,35). The fourth-order valence-electron chi connectivity index (χ4n) is 5.32. The molecule has 0 radical (unpaired) electrons. The number of nitrogens with one attached hydrogen (secondary N) is 4. The number of carbonyl (C=O) groups excluding carboxylic acids is 5. The predicted molar refractivity (Wildman–Crippen MR) is 145 cm³/mol. The van der Waals surface area contributed by atoms with Gasteiger partial charge in [-0.1, -0.05) is 19.3 Å². The van der Waals surface area contributed by atoms with Crippen LogP contribution in [0.1, 0.15) is 76.6 Å². The molecule has 3 atom stereocenters. The van der Waals surface area contributed by atoms with Crippen molar-refractivity contribution in [2.45, 2.75) is 95.7 Å². The van der Waals surface area contributed by atoms with Gasteiger partial charge in [0, 0.05) is 31.3 Å². The van der Waals surface area contributed by atoms with Crippen LogP contribution in [0.4, 0.5) is 10.5 Å². The molecule has 3 unspecified atom stereocenters. The largest absolute Gasteiger partial charge is 0.444 e. The van der Waals surface area contributed by atoms with Crippen LogP contribution in [0.25, 0.3) is 0 Å². The van der Waals surface area contributed by atoms with Crippen LogP contribution in [0, 0.1) is 0 Å². The Balaban J connectivity index is 1.36. The van der Waals surface area contributed by atoms with Gasteiger partial charge < -0.3 is 35.6 Å². The summed E-state index contributed by atoms with van der Waals surface area (Å²) in [5.74, 6) is -1.87. The zero-order valence-corrected chi connectivity index (χ0v) is 23.5. The van der Waals surface area contributed by atoms with E-state index in [1.165, 1.54) is 6.92 Å². The first kappa shape index (κ1) is 29.2. The van der Waals surface area contributed by atoms with Gasteiger partial charge in [0.05, 0.1) is 6.04 Å². The van der Waals surface area contributed by atoms with Gasteiger partial charge in [-0.2, -0.15) is 0 Å². The second kappa shape index (κ2) is 11.7. The van der Waals surface area contributed by atoms with Gasteiger partial charge >= 0.3 is 12.1 Å². The lowest BCUT2D eigenvalue weighted by atomic mass is 9.80. The Labute approximate surface area is 233 Å². The molecule has 2 heterocycles. The number of alkyl carbamates (subject to hydrolysis) is 1. The van der Waals surface area contributed by atoms with Gasteiger partial charge in [-0.25, -0.2) is 4.79 Å². The van der Waals surface area contributed by atoms with Gasteiger partial charge in [0.2, 0.25) is 12.1 Å². The second-order valence-corrected chi connectivity index (χ2v) is 11.7. The maximum Gasteiger partial charge on any atom is 0.407 e. The van der Waals surface area contributed by atoms with Crippen LogP contribution in [-0.4, -0.2) is 72.3 Å². The highest BCUT2D eigenvalue weighted by molar-refractivity contribution is 6.01. The Bertz CT molecular complexity index is 1140. The van der Waals surface area contributed by atoms with Gasteiger partial charge in [0.1, 0.15) is 11.1 Å². The molecule has 1 aromatic rings. The summed E-state index contributed by atoms with van der Waals surface area (Å²) in [7, 11) is 0. The first-order valence-corrected chi connectivity index (χ1v) is 13.8. The summed E-state index contributed by atoms with van der Waals surface area (Å²) in [5, 5.41) is 11.0. The fourth-order valence-corrected chi connectivity index (χ4v) is 5.32. The maximum atomic E-state index is 13.4. The van der Waals surface area contributed by atoms with E-state index >= 15 is 0 Å². The van der Waals surface area contributed by atoms with E-state index in [1.807, 2.05) is 32.9 Å². The van der Waals surface area contributed by atoms with Crippen molar-refractivity contribution in [2.24, 2.45) is 0 Å². The van der Waals surface area contributed by atoms with E-state index < -0.39 is 47.3 Å². The maximum absolute atomic E-state index is 13.4. The number of ether oxygens (including phenoxy) is 2. The number of rotatable bonds is 7. The smallest absolute Gasteiger partial charge is 0.407 e. The minimum Gasteiger partial charge on any atom is -0.444 e. The molecule has 1 aromatic carbocycles. The molecule has 0 spiro atoms. The van der Waals surface area contributed by atoms with Gasteiger partial charge in [-0.3, -0.25) is 19.2 Å². The molecule has 3 fully saturated rings. The summed E-state index contributed by atoms with van der Waals surface area (Å²) in [5.41, 5.74) is -0.403. The molecule has 4 amide bonds. The number of hydrogen-bond acceptors (Lipinski definition) is 8. The number of esters is 1. The average Bonchev–Trinajstić information content (AvgIpc) is 3.34. The van der Waals surface area contributed by atoms with Crippen LogP contribution >= 0.6 is 0 Å². The van der Waals surface area contributed by atoms with Gasteiger partial charge in [-0.15, -0.1) is 0 Å². The number of hydrogen-bond donors (Lipinski definition) is 4. The number of nitrogens with zero attached hydrogens (tertiary/aromatic N) is 1. The summed E-state index contributed by atoms with van der Waals surface area (Å²) in [6, 6.07) is 6.08. The summed E-state index contributed by atoms with van der Waals surface area (Å²) in [6.07, 6.45) is 2.74. The highest BCUT2D eigenvalue weighted by Crippen LogP contribution is 2.30. The normalized spacial score (nSPS) is 23.8. The second-order valence-electron chi connectivity index (χ2n) is 11.7. The van der Waals surface area contributed by atoms with E-state index in [-0.39, 0.29) is 11.9 Å². The van der Waals surface area contributed by atoms with Gasteiger partial charge in [0.25, 0.3) is 11.8 Å². The molecule has 2 aliphatic heterocycles. The Morgan fingerprint density at radius 3 is 2.30 bits per heavy atom. The number of β-lactam (4-membered cyclic amide) rings is 1. The molecule has 2 saturated heterocycles. The third-order valence-electron chi connectivity index (χ3n) is 7.35. The molecule has 12 heteroatoms. The van der Waals surface area contributed by atoms with E-state index in [0.717, 1.165) is 37.9 Å². The van der Waals surface area contributed by atoms with Crippen molar-refractivity contribution in [1.82, 2.24) is 21.3 Å². The Morgan fingerprint density at radius 2 is 1.70 bits per heavy atom. The number of anilines is 1. The Kier molecular flexibility index (Phi) is 8.55. The molecule has 0 bridgehead atoms. The summed E-state index contributed by atoms with van der Waals surface area (Å²) in [4.78, 5) is 64.2. The highest BCUT2D eigenvalue weighted by Gasteiger charge is 2.48. The Morgan fingerprint density at radius 1 is 1.02 bits per heavy atom. The predicted octanol–water partition coefficient (Wildman–Crippen LogP) is 1.73. The van der Waals surface area contributed by atoms with Crippen molar-refractivity contribution >= 4 is 35.5 Å². The van der Waals surface area contributed by atoms with E-state index in [9.17, 15) is 24.0 Å². The molecule has 218 valence electrons. The summed E-state index contributed by atoms with van der Waals surface area (Å²) < 4.78 is 10.4. The lowest BCUT2D eigenvalue weighted by Crippen LogP contribution is -2.73. The first-order chi connectivity index (χ1) is 18.8. The molecular formula is C28H39N5O7. The van der Waals surface area contributed by atoms with Crippen molar-refractivity contribution in [3.8, 4) is 0 Å². The Hall–Kier alpha value is -3.83. The number of benzene rings is 1. The first-order valence-electron chi connectivity index (χ1n) is 13.8. The topological polar surface area (TPSA) is 155 Å². The lowest BCUT2D eigenvalue weighted by Gasteiger charge is -2.41. The molecule has 0 aromatic heterocycles. The third-order valence-corrected chi connectivity index (χ3v) is 7.35. The zero-order valence-electron chi connectivity index (χ0n) is 23.5. The number of amides is 4. The van der Waals surface area contributed by atoms with Crippen molar-refractivity contribution in [1.29, 1.82) is 0 Å². The molecule has 40 heavy (non-hydrogen) atoms. The number of carbonyl (C=O) groups is 5. The molecule has 3 aliphatic rings. The van der Waals surface area contributed by atoms with E-state index in [1.54, 1.807) is 12.1 Å². The molecule has 4 rings (SSSR count). The van der Waals surface area contributed by atoms with E-state index in [4.69, 9.17) is 9.47 Å². The van der Waals surface area contributed by atoms with Crippen LogP contribution < -0.4 is 26.2 Å². The van der Waals surface area contributed by atoms with Gasteiger partial charge in [-0.05, 0) is 64.3 Å². The monoisotopic (exact) mass is 557 g/mol. The van der Waals surface area contributed by atoms with Gasteiger partial charge in [0.15, 0.2) is 6.04 Å². The molecule has 1 saturated carbocycles. The molecule has 12 nitrogen and oxygen atoms in total. The van der Waals surface area contributed by atoms with Crippen molar-refractivity contribution in [3.05, 3.63) is 29.8 Å². The average molecular weight is 558 g/mol. The lowest BCUT2D eigenvalue weighted by molar-refractivity contribution is -0.165. The summed E-state index contributed by atoms with van der Waals surface area (Å²) in [6.45, 7) is 8.06. The van der Waals surface area contributed by atoms with Crippen molar-refractivity contribution < 1.29 is 33.4 Å². The fraction of sp³-hybridized carbons (Fsp3) is 0.607. The molecule has 4 N–H and O–H groups in total. The van der Waals surface area contributed by atoms with Crippen LogP contribution in [0.3, 0.4) is 0 Å². The minimum atomic E-state index is -1.17. The zero-order chi connectivity index (χ0) is 29.1.